The number of hydrogen-bond donors (Lipinski definition) is 9. The number of aromatic amines is 2. The van der Waals surface area contributed by atoms with Gasteiger partial charge in [0.2, 0.25) is 17.7 Å². The molecule has 2 heterocycles. The molecule has 0 fully saturated rings. The molecular formula is C29H42N10O5. The number of aliphatic carboxylic acids is 1. The lowest BCUT2D eigenvalue weighted by atomic mass is 9.98. The van der Waals surface area contributed by atoms with E-state index in [1.165, 1.54) is 12.5 Å². The van der Waals surface area contributed by atoms with Gasteiger partial charge in [0.25, 0.3) is 0 Å². The van der Waals surface area contributed by atoms with E-state index in [4.69, 9.17) is 17.2 Å². The first kappa shape index (κ1) is 33.6. The van der Waals surface area contributed by atoms with Crippen molar-refractivity contribution >= 4 is 40.6 Å². The number of para-hydroxylation sites is 1. The summed E-state index contributed by atoms with van der Waals surface area (Å²) in [4.78, 5) is 66.1. The van der Waals surface area contributed by atoms with Crippen molar-refractivity contribution in [2.24, 2.45) is 28.1 Å². The van der Waals surface area contributed by atoms with Gasteiger partial charge in [0, 0.05) is 48.4 Å². The summed E-state index contributed by atoms with van der Waals surface area (Å²) < 4.78 is 0. The number of nitrogens with two attached hydrogens (primary N) is 3. The third-order valence-corrected chi connectivity index (χ3v) is 7.42. The number of carbonyl (C=O) groups is 4. The van der Waals surface area contributed by atoms with Crippen molar-refractivity contribution in [1.29, 1.82) is 0 Å². The third-order valence-electron chi connectivity index (χ3n) is 7.42. The van der Waals surface area contributed by atoms with Crippen molar-refractivity contribution in [2.45, 2.75) is 70.1 Å². The molecule has 0 radical (unpaired) electrons. The van der Waals surface area contributed by atoms with Crippen LogP contribution in [-0.4, -0.2) is 80.4 Å². The summed E-state index contributed by atoms with van der Waals surface area (Å²) in [5, 5.41) is 18.6. The maximum Gasteiger partial charge on any atom is 0.326 e. The Morgan fingerprint density at radius 2 is 1.68 bits per heavy atom. The molecule has 238 valence electrons. The van der Waals surface area contributed by atoms with E-state index in [-0.39, 0.29) is 31.1 Å². The van der Waals surface area contributed by atoms with Gasteiger partial charge in [-0.05, 0) is 30.4 Å². The normalized spacial score (nSPS) is 14.5. The number of aromatic nitrogens is 3. The summed E-state index contributed by atoms with van der Waals surface area (Å²) in [6, 6.07) is 3.12. The number of carboxylic acids is 1. The molecule has 3 amide bonds. The van der Waals surface area contributed by atoms with E-state index >= 15 is 0 Å². The summed E-state index contributed by atoms with van der Waals surface area (Å²) >= 11 is 0. The van der Waals surface area contributed by atoms with E-state index < -0.39 is 47.9 Å². The lowest BCUT2D eigenvalue weighted by Crippen LogP contribution is -2.58. The molecule has 0 spiro atoms. The number of amides is 3. The first-order chi connectivity index (χ1) is 21.0. The Hall–Kier alpha value is -4.92. The van der Waals surface area contributed by atoms with Gasteiger partial charge in [0.15, 0.2) is 5.96 Å². The molecule has 3 rings (SSSR count). The minimum atomic E-state index is -1.18. The number of H-pyrrole nitrogens is 2. The van der Waals surface area contributed by atoms with Gasteiger partial charge in [0.05, 0.1) is 12.4 Å². The molecule has 3 aromatic rings. The molecule has 0 aliphatic heterocycles. The van der Waals surface area contributed by atoms with E-state index in [2.05, 4.69) is 35.9 Å². The van der Waals surface area contributed by atoms with E-state index in [1.807, 2.05) is 31.2 Å². The maximum absolute atomic E-state index is 13.8. The summed E-state index contributed by atoms with van der Waals surface area (Å²) in [5.74, 6) is -3.50. The maximum atomic E-state index is 13.8. The predicted molar refractivity (Wildman–Crippen MR) is 165 cm³/mol. The molecule has 44 heavy (non-hydrogen) atoms. The molecule has 0 aliphatic carbocycles. The Labute approximate surface area is 254 Å². The average molecular weight is 611 g/mol. The Morgan fingerprint density at radius 1 is 1.00 bits per heavy atom. The van der Waals surface area contributed by atoms with Crippen LogP contribution in [0.4, 0.5) is 0 Å². The smallest absolute Gasteiger partial charge is 0.326 e. The predicted octanol–water partition coefficient (Wildman–Crippen LogP) is -0.358. The van der Waals surface area contributed by atoms with Crippen LogP contribution in [0.25, 0.3) is 10.9 Å². The first-order valence-electron chi connectivity index (χ1n) is 14.5. The zero-order valence-electron chi connectivity index (χ0n) is 24.9. The molecule has 0 saturated carbocycles. The standard InChI is InChI=1S/C29H42N10O5/c1-3-16(2)24(28(43)44)39-27(42)23(12-18-14-33-15-36-18)38-26(41)22(11-17-13-35-21-9-5-4-7-19(17)21)37-25(40)20(30)8-6-10-34-29(31)32/h4-5,7,9,13-16,20,22-24,35H,3,6,8,10-12,30H2,1-2H3,(H,33,36)(H,37,40)(H,38,41)(H,39,42)(H,43,44)(H4,31,32,34). The minimum Gasteiger partial charge on any atom is -0.480 e. The molecule has 1 aromatic carbocycles. The SMILES string of the molecule is CCC(C)C(NC(=O)C(Cc1cnc[nH]1)NC(=O)C(Cc1c[nH]c2ccccc12)NC(=O)C(N)CCCN=C(N)N)C(=O)O. The Balaban J connectivity index is 1.84. The van der Waals surface area contributed by atoms with Crippen LogP contribution in [0.5, 0.6) is 0 Å². The highest BCUT2D eigenvalue weighted by molar-refractivity contribution is 5.95. The number of nitrogens with one attached hydrogen (secondary N) is 5. The lowest BCUT2D eigenvalue weighted by molar-refractivity contribution is -0.143. The average Bonchev–Trinajstić information content (AvgIpc) is 3.66. The lowest BCUT2D eigenvalue weighted by Gasteiger charge is -2.26. The molecule has 2 aromatic heterocycles. The number of aliphatic imine (C=N–C) groups is 1. The highest BCUT2D eigenvalue weighted by Crippen LogP contribution is 2.19. The number of fused-ring (bicyclic) bond motifs is 1. The molecular weight excluding hydrogens is 568 g/mol. The highest BCUT2D eigenvalue weighted by Gasteiger charge is 2.32. The van der Waals surface area contributed by atoms with Crippen LogP contribution in [0.15, 0.2) is 48.0 Å². The summed E-state index contributed by atoms with van der Waals surface area (Å²) in [5.41, 5.74) is 19.0. The fraction of sp³-hybridized carbons (Fsp3) is 0.448. The second-order valence-corrected chi connectivity index (χ2v) is 10.7. The number of carboxylic acid groups (broad SMARTS) is 1. The number of benzene rings is 1. The van der Waals surface area contributed by atoms with Gasteiger partial charge in [-0.15, -0.1) is 0 Å². The van der Waals surface area contributed by atoms with Crippen molar-refractivity contribution in [3.05, 3.63) is 54.2 Å². The first-order valence-corrected chi connectivity index (χ1v) is 14.5. The molecule has 15 nitrogen and oxygen atoms in total. The second-order valence-electron chi connectivity index (χ2n) is 10.7. The number of guanidine groups is 1. The van der Waals surface area contributed by atoms with Crippen LogP contribution < -0.4 is 33.2 Å². The van der Waals surface area contributed by atoms with Crippen LogP contribution in [-0.2, 0) is 32.0 Å². The summed E-state index contributed by atoms with van der Waals surface area (Å²) in [7, 11) is 0. The fourth-order valence-electron chi connectivity index (χ4n) is 4.69. The van der Waals surface area contributed by atoms with Crippen LogP contribution in [0, 0.1) is 5.92 Å². The Morgan fingerprint density at radius 3 is 2.34 bits per heavy atom. The molecule has 12 N–H and O–H groups in total. The van der Waals surface area contributed by atoms with Gasteiger partial charge in [-0.3, -0.25) is 19.4 Å². The fourth-order valence-corrected chi connectivity index (χ4v) is 4.69. The van der Waals surface area contributed by atoms with Crippen LogP contribution in [0.1, 0.15) is 44.4 Å². The topological polar surface area (TPSA) is 259 Å². The largest absolute Gasteiger partial charge is 0.480 e. The van der Waals surface area contributed by atoms with Crippen molar-refractivity contribution in [2.75, 3.05) is 6.54 Å². The van der Waals surface area contributed by atoms with Gasteiger partial charge in [-0.2, -0.15) is 0 Å². The summed E-state index contributed by atoms with van der Waals surface area (Å²) in [6.45, 7) is 3.83. The van der Waals surface area contributed by atoms with E-state index in [0.717, 1.165) is 16.5 Å². The molecule has 15 heteroatoms. The van der Waals surface area contributed by atoms with E-state index in [0.29, 0.717) is 25.1 Å². The molecule has 0 aliphatic rings. The van der Waals surface area contributed by atoms with Crippen molar-refractivity contribution in [3.63, 3.8) is 0 Å². The van der Waals surface area contributed by atoms with Crippen molar-refractivity contribution < 1.29 is 24.3 Å². The van der Waals surface area contributed by atoms with Crippen LogP contribution in [0.2, 0.25) is 0 Å². The minimum absolute atomic E-state index is 0.00246. The second kappa shape index (κ2) is 16.1. The zero-order chi connectivity index (χ0) is 32.2. The summed E-state index contributed by atoms with van der Waals surface area (Å²) in [6.07, 6.45) is 6.00. The number of nitrogens with zero attached hydrogens (tertiary/aromatic N) is 2. The Kier molecular flexibility index (Phi) is 12.3. The number of carbonyl (C=O) groups excluding carboxylic acids is 3. The Bertz CT molecular complexity index is 1430. The monoisotopic (exact) mass is 610 g/mol. The zero-order valence-corrected chi connectivity index (χ0v) is 24.9. The van der Waals surface area contributed by atoms with Crippen LogP contribution in [0.3, 0.4) is 0 Å². The van der Waals surface area contributed by atoms with Gasteiger partial charge < -0.3 is 48.2 Å². The van der Waals surface area contributed by atoms with Gasteiger partial charge >= 0.3 is 5.97 Å². The molecule has 0 bridgehead atoms. The quantitative estimate of drug-likeness (QED) is 0.0548. The number of imidazole rings is 1. The van der Waals surface area contributed by atoms with Crippen molar-refractivity contribution in [3.8, 4) is 0 Å². The van der Waals surface area contributed by atoms with E-state index in [9.17, 15) is 24.3 Å². The van der Waals surface area contributed by atoms with Gasteiger partial charge in [-0.25, -0.2) is 9.78 Å². The van der Waals surface area contributed by atoms with Gasteiger partial charge in [0.1, 0.15) is 18.1 Å². The number of rotatable bonds is 17. The third kappa shape index (κ3) is 9.55. The van der Waals surface area contributed by atoms with Gasteiger partial charge in [-0.1, -0.05) is 38.5 Å². The van der Waals surface area contributed by atoms with Crippen LogP contribution >= 0.6 is 0 Å². The molecule has 5 atom stereocenters. The molecule has 5 unspecified atom stereocenters. The highest BCUT2D eigenvalue weighted by atomic mass is 16.4. The molecule has 0 saturated heterocycles. The van der Waals surface area contributed by atoms with E-state index in [1.54, 1.807) is 13.1 Å². The van der Waals surface area contributed by atoms with Crippen molar-refractivity contribution in [1.82, 2.24) is 30.9 Å². The number of hydrogen-bond acceptors (Lipinski definition) is 7.